The van der Waals surface area contributed by atoms with E-state index in [-0.39, 0.29) is 55.7 Å². The lowest BCUT2D eigenvalue weighted by Crippen LogP contribution is -2.73. The molecular weight excluding hydrogens is 670 g/mol. The molecule has 0 unspecified atom stereocenters. The Bertz CT molecular complexity index is 1720. The van der Waals surface area contributed by atoms with Crippen LogP contribution in [-0.2, 0) is 36.6 Å². The van der Waals surface area contributed by atoms with Crippen LogP contribution in [0.2, 0.25) is 0 Å². The van der Waals surface area contributed by atoms with Crippen LogP contribution in [0.25, 0.3) is 11.6 Å². The highest BCUT2D eigenvalue weighted by atomic mass is 16.7. The number of allylic oxidation sites excluding steroid dienone is 1. The minimum Gasteiger partial charge on any atom is -0.504 e. The standard InChI is InChI=1S/C40H51NO11/c1-21(2)11-25-6-7-26-12-24(9-10-42)14-31-29(28(19-43)17-30(25)35(26)31)16-27(13-23-5-8-32(45)33(15-23)49-4)39(47)51-38-37(50-22(3)44)36(46)34-18-41-20-40(38,48)52-34/h5,8,12-15,17,21,25,28-29,34,36-38,41-43,45-46,48H,6-7,9-11,16,18-20H2,1-4H3/b27-13+/t25-,28+,29-,34+,36+,37-,38-,40-/m1/s1. The maximum absolute atomic E-state index is 14.5. The van der Waals surface area contributed by atoms with Crippen LogP contribution >= 0.6 is 0 Å². The molecular formula is C40H51NO11. The molecule has 2 heterocycles. The molecule has 0 aromatic heterocycles. The number of β-amino-alcohol motifs (C(OH)–C–C–N with tert-alkyl or cyclic N) is 1. The van der Waals surface area contributed by atoms with E-state index in [9.17, 15) is 35.1 Å². The quantitative estimate of drug-likeness (QED) is 0.139. The maximum Gasteiger partial charge on any atom is 0.334 e. The molecule has 0 amide bonds. The molecule has 2 bridgehead atoms. The smallest absolute Gasteiger partial charge is 0.334 e. The van der Waals surface area contributed by atoms with Gasteiger partial charge in [-0.25, -0.2) is 4.79 Å². The van der Waals surface area contributed by atoms with Gasteiger partial charge in [0.1, 0.15) is 12.2 Å². The highest BCUT2D eigenvalue weighted by molar-refractivity contribution is 5.94. The number of methoxy groups -OCH3 is 1. The third-order valence-corrected chi connectivity index (χ3v) is 10.8. The lowest BCUT2D eigenvalue weighted by Gasteiger charge is -2.51. The van der Waals surface area contributed by atoms with Crippen molar-refractivity contribution in [2.75, 3.05) is 33.4 Å². The number of nitrogens with one attached hydrogen (secondary N) is 1. The summed E-state index contributed by atoms with van der Waals surface area (Å²) in [5.41, 5.74) is 6.17. The van der Waals surface area contributed by atoms with Gasteiger partial charge in [0, 0.05) is 38.2 Å². The van der Waals surface area contributed by atoms with Gasteiger partial charge in [-0.05, 0) is 101 Å². The minimum atomic E-state index is -2.11. The SMILES string of the molecule is COc1cc(/C=C(\C[C@H]2c3cc(CCO)cc4c3C(=C[C@H]2CO)[C@@H](CC(C)C)CC4)C(=O)O[C@@H]2[C@H](OC(C)=O)[C@@H](O)[C@@H]3CNC[C@@]2(O)O3)ccc1O. The number of benzene rings is 2. The number of carbonyl (C=O) groups is 2. The first-order valence-corrected chi connectivity index (χ1v) is 18.2. The van der Waals surface area contributed by atoms with E-state index in [1.54, 1.807) is 18.2 Å². The van der Waals surface area contributed by atoms with Crippen molar-refractivity contribution in [3.05, 3.63) is 69.8 Å². The summed E-state index contributed by atoms with van der Waals surface area (Å²) in [4.78, 5) is 26.7. The highest BCUT2D eigenvalue weighted by Gasteiger charge is 2.59. The van der Waals surface area contributed by atoms with Crippen LogP contribution in [0.4, 0.5) is 0 Å². The number of aliphatic hydroxyl groups excluding tert-OH is 3. The van der Waals surface area contributed by atoms with Crippen molar-refractivity contribution in [3.63, 3.8) is 0 Å². The molecule has 2 aliphatic carbocycles. The van der Waals surface area contributed by atoms with Crippen molar-refractivity contribution in [2.24, 2.45) is 17.8 Å². The summed E-state index contributed by atoms with van der Waals surface area (Å²) in [5, 5.41) is 56.8. The van der Waals surface area contributed by atoms with Crippen LogP contribution in [0.1, 0.15) is 73.8 Å². The van der Waals surface area contributed by atoms with Gasteiger partial charge < -0.3 is 49.8 Å². The fraction of sp³-hybridized carbons (Fsp3) is 0.550. The van der Waals surface area contributed by atoms with Gasteiger partial charge in [-0.3, -0.25) is 4.79 Å². The minimum absolute atomic E-state index is 0.0252. The maximum atomic E-state index is 14.5. The van der Waals surface area contributed by atoms with Gasteiger partial charge in [-0.2, -0.15) is 0 Å². The summed E-state index contributed by atoms with van der Waals surface area (Å²) < 4.78 is 22.6. The summed E-state index contributed by atoms with van der Waals surface area (Å²) in [7, 11) is 1.42. The number of hydrogen-bond acceptors (Lipinski definition) is 12. The monoisotopic (exact) mass is 721 g/mol. The lowest BCUT2D eigenvalue weighted by atomic mass is 9.65. The molecule has 6 rings (SSSR count). The van der Waals surface area contributed by atoms with E-state index in [0.29, 0.717) is 23.8 Å². The van der Waals surface area contributed by atoms with Crippen LogP contribution in [-0.4, -0.2) is 101 Å². The zero-order chi connectivity index (χ0) is 37.3. The Kier molecular flexibility index (Phi) is 11.4. The van der Waals surface area contributed by atoms with E-state index < -0.39 is 48.1 Å². The molecule has 4 aliphatic rings. The third-order valence-electron chi connectivity index (χ3n) is 10.8. The second-order valence-electron chi connectivity index (χ2n) is 15.0. The molecule has 12 heteroatoms. The fourth-order valence-electron chi connectivity index (χ4n) is 8.49. The molecule has 2 aromatic carbocycles. The Balaban J connectivity index is 1.44. The Morgan fingerprint density at radius 3 is 2.63 bits per heavy atom. The zero-order valence-corrected chi connectivity index (χ0v) is 30.2. The third kappa shape index (κ3) is 7.64. The number of aromatic hydroxyl groups is 1. The molecule has 8 atom stereocenters. The van der Waals surface area contributed by atoms with Gasteiger partial charge in [0.2, 0.25) is 5.79 Å². The first kappa shape index (κ1) is 38.0. The molecule has 52 heavy (non-hydrogen) atoms. The van der Waals surface area contributed by atoms with Crippen LogP contribution in [0.15, 0.2) is 42.0 Å². The second kappa shape index (κ2) is 15.7. The van der Waals surface area contributed by atoms with Crippen molar-refractivity contribution < 1.29 is 54.1 Å². The van der Waals surface area contributed by atoms with Crippen molar-refractivity contribution in [1.29, 1.82) is 0 Å². The molecule has 2 aromatic rings. The van der Waals surface area contributed by atoms with Crippen LogP contribution in [0.3, 0.4) is 0 Å². The van der Waals surface area contributed by atoms with Gasteiger partial charge in [-0.15, -0.1) is 0 Å². The molecule has 282 valence electrons. The van der Waals surface area contributed by atoms with E-state index in [1.165, 1.54) is 31.2 Å². The van der Waals surface area contributed by atoms with Gasteiger partial charge in [0.15, 0.2) is 23.7 Å². The molecule has 2 fully saturated rings. The van der Waals surface area contributed by atoms with Crippen LogP contribution < -0.4 is 10.1 Å². The normalized spacial score (nSPS) is 29.6. The molecule has 6 N–H and O–H groups in total. The number of hydrogen-bond donors (Lipinski definition) is 6. The average molecular weight is 722 g/mol. The first-order valence-electron chi connectivity index (χ1n) is 18.2. The van der Waals surface area contributed by atoms with Crippen molar-refractivity contribution >= 4 is 23.6 Å². The van der Waals surface area contributed by atoms with Crippen molar-refractivity contribution in [1.82, 2.24) is 5.32 Å². The van der Waals surface area contributed by atoms with Crippen molar-refractivity contribution in [2.45, 2.75) is 89.0 Å². The van der Waals surface area contributed by atoms with Gasteiger partial charge >= 0.3 is 11.9 Å². The lowest BCUT2D eigenvalue weighted by molar-refractivity contribution is -0.355. The number of phenols is 1. The molecule has 2 saturated heterocycles. The number of morpholine rings is 1. The van der Waals surface area contributed by atoms with Crippen molar-refractivity contribution in [3.8, 4) is 11.5 Å². The van der Waals surface area contributed by atoms with Crippen LogP contribution in [0, 0.1) is 17.8 Å². The topological polar surface area (TPSA) is 184 Å². The molecule has 0 radical (unpaired) electrons. The average Bonchev–Trinajstić information content (AvgIpc) is 3.10. The molecule has 2 aliphatic heterocycles. The first-order chi connectivity index (χ1) is 24.8. The molecule has 0 spiro atoms. The summed E-state index contributed by atoms with van der Waals surface area (Å²) in [6, 6.07) is 8.88. The Morgan fingerprint density at radius 2 is 1.94 bits per heavy atom. The van der Waals surface area contributed by atoms with E-state index in [2.05, 4.69) is 37.4 Å². The number of ether oxygens (including phenoxy) is 4. The number of esters is 2. The fourth-order valence-corrected chi connectivity index (χ4v) is 8.49. The second-order valence-corrected chi connectivity index (χ2v) is 15.0. The number of carbonyl (C=O) groups excluding carboxylic acids is 2. The summed E-state index contributed by atoms with van der Waals surface area (Å²) >= 11 is 0. The van der Waals surface area contributed by atoms with Gasteiger partial charge in [0.25, 0.3) is 0 Å². The van der Waals surface area contributed by atoms with E-state index in [1.807, 2.05) is 0 Å². The number of fused-ring (bicyclic) bond motifs is 2. The number of aryl methyl sites for hydroxylation is 1. The summed E-state index contributed by atoms with van der Waals surface area (Å²) in [5.74, 6) is -3.55. The Labute approximate surface area is 304 Å². The predicted octanol–water partition coefficient (Wildman–Crippen LogP) is 3.00. The highest BCUT2D eigenvalue weighted by Crippen LogP contribution is 2.50. The number of rotatable bonds is 12. The molecule has 12 nitrogen and oxygen atoms in total. The van der Waals surface area contributed by atoms with E-state index in [4.69, 9.17) is 18.9 Å². The van der Waals surface area contributed by atoms with Gasteiger partial charge in [0.05, 0.1) is 13.7 Å². The zero-order valence-electron chi connectivity index (χ0n) is 30.2. The van der Waals surface area contributed by atoms with E-state index in [0.717, 1.165) is 36.0 Å². The largest absolute Gasteiger partial charge is 0.504 e. The Morgan fingerprint density at radius 1 is 1.15 bits per heavy atom. The summed E-state index contributed by atoms with van der Waals surface area (Å²) in [6.07, 6.45) is 1.87. The van der Waals surface area contributed by atoms with Gasteiger partial charge in [-0.1, -0.05) is 38.1 Å². The van der Waals surface area contributed by atoms with E-state index >= 15 is 0 Å². The molecule has 0 saturated carbocycles. The number of phenolic OH excluding ortho intramolecular Hbond substituents is 1. The van der Waals surface area contributed by atoms with Crippen LogP contribution in [0.5, 0.6) is 11.5 Å². The predicted molar refractivity (Wildman–Crippen MR) is 191 cm³/mol. The Hall–Kier alpha value is -3.78. The summed E-state index contributed by atoms with van der Waals surface area (Å²) in [6.45, 7) is 5.42. The number of aliphatic hydroxyl groups is 4.